The van der Waals surface area contributed by atoms with Crippen LogP contribution in [-0.4, -0.2) is 101 Å². The first-order valence-corrected chi connectivity index (χ1v) is 20.5. The molecule has 0 bridgehead atoms. The summed E-state index contributed by atoms with van der Waals surface area (Å²) in [5, 5.41) is 1.45. The van der Waals surface area contributed by atoms with Crippen LogP contribution in [0.3, 0.4) is 0 Å². The number of benzene rings is 1. The van der Waals surface area contributed by atoms with E-state index in [1.165, 1.54) is 0 Å². The van der Waals surface area contributed by atoms with Crippen LogP contribution in [-0.2, 0) is 21.0 Å². The SMILES string of the molecule is CC(C)N(C[C@@H](C(=O)N1CCN2c3ncnc4c3c(cn4COCC[Si](C)(C)C)OC[C@@H]2C1)c1ccc(Cl)cc1)C(=O)OC(C)(C)C. The summed E-state index contributed by atoms with van der Waals surface area (Å²) in [6.07, 6.45) is 3.10. The molecule has 0 spiro atoms. The molecule has 2 amide bonds. The summed E-state index contributed by atoms with van der Waals surface area (Å²) in [6, 6.07) is 8.09. The molecule has 0 N–H and O–H groups in total. The first-order valence-electron chi connectivity index (χ1n) is 16.5. The van der Waals surface area contributed by atoms with Crippen LogP contribution in [0.2, 0.25) is 30.7 Å². The number of hydrogen-bond acceptors (Lipinski definition) is 8. The van der Waals surface area contributed by atoms with E-state index in [9.17, 15) is 9.59 Å². The molecule has 3 aromatic rings. The first-order chi connectivity index (χ1) is 22.1. The number of carbonyl (C=O) groups is 2. The van der Waals surface area contributed by atoms with Crippen LogP contribution in [0.4, 0.5) is 10.6 Å². The zero-order valence-electron chi connectivity index (χ0n) is 29.0. The maximum Gasteiger partial charge on any atom is 0.410 e. The Morgan fingerprint density at radius 3 is 2.51 bits per heavy atom. The van der Waals surface area contributed by atoms with Crippen molar-refractivity contribution in [3.8, 4) is 5.75 Å². The number of ether oxygens (including phenoxy) is 3. The number of nitrogens with zero attached hydrogens (tertiary/aromatic N) is 6. The Morgan fingerprint density at radius 1 is 1.13 bits per heavy atom. The highest BCUT2D eigenvalue weighted by Crippen LogP contribution is 2.38. The lowest BCUT2D eigenvalue weighted by Gasteiger charge is -2.42. The van der Waals surface area contributed by atoms with E-state index in [4.69, 9.17) is 30.8 Å². The third kappa shape index (κ3) is 8.39. The Kier molecular flexibility index (Phi) is 10.4. The molecular weight excluding hydrogens is 636 g/mol. The number of piperazine rings is 1. The van der Waals surface area contributed by atoms with Gasteiger partial charge in [-0.15, -0.1) is 0 Å². The van der Waals surface area contributed by atoms with Crippen molar-refractivity contribution in [3.63, 3.8) is 0 Å². The van der Waals surface area contributed by atoms with Crippen LogP contribution in [0.15, 0.2) is 36.8 Å². The molecule has 256 valence electrons. The van der Waals surface area contributed by atoms with Gasteiger partial charge in [0.25, 0.3) is 0 Å². The number of carbonyl (C=O) groups excluding carboxylic acids is 2. The van der Waals surface area contributed by atoms with Gasteiger partial charge >= 0.3 is 6.09 Å². The Hall–Kier alpha value is -3.35. The third-order valence-corrected chi connectivity index (χ3v) is 10.5. The summed E-state index contributed by atoms with van der Waals surface area (Å²) in [6.45, 7) is 19.6. The van der Waals surface area contributed by atoms with E-state index in [1.54, 1.807) is 23.4 Å². The average molecular weight is 685 g/mol. The zero-order chi connectivity index (χ0) is 34.1. The summed E-state index contributed by atoms with van der Waals surface area (Å²) in [7, 11) is -1.19. The van der Waals surface area contributed by atoms with Crippen molar-refractivity contribution in [3.05, 3.63) is 47.4 Å². The van der Waals surface area contributed by atoms with E-state index in [2.05, 4.69) is 29.5 Å². The zero-order valence-corrected chi connectivity index (χ0v) is 30.7. The second-order valence-corrected chi connectivity index (χ2v) is 21.0. The van der Waals surface area contributed by atoms with E-state index < -0.39 is 25.7 Å². The predicted octanol–water partition coefficient (Wildman–Crippen LogP) is 6.24. The largest absolute Gasteiger partial charge is 0.489 e. The van der Waals surface area contributed by atoms with Gasteiger partial charge in [-0.2, -0.15) is 0 Å². The molecule has 2 atom stereocenters. The van der Waals surface area contributed by atoms with Crippen LogP contribution in [0.25, 0.3) is 11.0 Å². The Bertz CT molecular complexity index is 1570. The Morgan fingerprint density at radius 2 is 1.85 bits per heavy atom. The standard InChI is InChI=1S/C34H49ClN6O5Si/c1-23(2)41(33(43)46-34(3,4)5)18-27(24-9-11-25(35)12-10-24)32(42)38-13-14-40-26(17-38)20-45-28-19-39(22-44-15-16-47(6,7)8)30-29(28)31(40)37-21-36-30/h9-12,19,21,23,26-27H,13-18,20,22H2,1-8H3/t26-,27+/m0/s1. The van der Waals surface area contributed by atoms with Crippen molar-refractivity contribution in [2.75, 3.05) is 44.3 Å². The molecule has 4 heterocycles. The number of amides is 2. The van der Waals surface area contributed by atoms with Crippen molar-refractivity contribution in [1.29, 1.82) is 0 Å². The predicted molar refractivity (Wildman–Crippen MR) is 187 cm³/mol. The summed E-state index contributed by atoms with van der Waals surface area (Å²) in [5.41, 5.74) is 0.908. The van der Waals surface area contributed by atoms with Gasteiger partial charge in [0.15, 0.2) is 5.65 Å². The summed E-state index contributed by atoms with van der Waals surface area (Å²) >= 11 is 6.22. The van der Waals surface area contributed by atoms with Gasteiger partial charge in [-0.3, -0.25) is 4.79 Å². The average Bonchev–Trinajstić information content (AvgIpc) is 3.26. The quantitative estimate of drug-likeness (QED) is 0.183. The second-order valence-electron chi connectivity index (χ2n) is 15.0. The van der Waals surface area contributed by atoms with E-state index >= 15 is 0 Å². The van der Waals surface area contributed by atoms with E-state index in [0.29, 0.717) is 44.6 Å². The van der Waals surface area contributed by atoms with Gasteiger partial charge in [0, 0.05) is 51.9 Å². The minimum Gasteiger partial charge on any atom is -0.489 e. The van der Waals surface area contributed by atoms with Crippen LogP contribution in [0, 0.1) is 0 Å². The lowest BCUT2D eigenvalue weighted by Crippen LogP contribution is -2.58. The summed E-state index contributed by atoms with van der Waals surface area (Å²) in [5.74, 6) is 0.871. The van der Waals surface area contributed by atoms with Crippen molar-refractivity contribution in [2.24, 2.45) is 0 Å². The monoisotopic (exact) mass is 684 g/mol. The number of aromatic nitrogens is 3. The normalized spacial score (nSPS) is 17.3. The number of halogens is 1. The van der Waals surface area contributed by atoms with Crippen LogP contribution < -0.4 is 9.64 Å². The van der Waals surface area contributed by atoms with Crippen molar-refractivity contribution in [1.82, 2.24) is 24.3 Å². The van der Waals surface area contributed by atoms with Gasteiger partial charge in [0.2, 0.25) is 5.91 Å². The van der Waals surface area contributed by atoms with Crippen LogP contribution in [0.5, 0.6) is 5.75 Å². The highest BCUT2D eigenvalue weighted by molar-refractivity contribution is 6.76. The fraction of sp³-hybridized carbons (Fsp3) is 0.588. The van der Waals surface area contributed by atoms with Crippen LogP contribution in [0.1, 0.15) is 46.1 Å². The van der Waals surface area contributed by atoms with Gasteiger partial charge in [-0.05, 0) is 58.4 Å². The molecule has 2 aliphatic rings. The molecule has 13 heteroatoms. The molecule has 1 fully saturated rings. The molecule has 0 aliphatic carbocycles. The van der Waals surface area contributed by atoms with E-state index in [1.807, 2.05) is 62.4 Å². The molecule has 2 aliphatic heterocycles. The molecule has 47 heavy (non-hydrogen) atoms. The second kappa shape index (κ2) is 14.0. The van der Waals surface area contributed by atoms with Crippen molar-refractivity contribution in [2.45, 2.75) is 90.6 Å². The number of fused-ring (bicyclic) bond motifs is 2. The fourth-order valence-corrected chi connectivity index (χ4v) is 6.84. The molecule has 2 aromatic heterocycles. The van der Waals surface area contributed by atoms with Gasteiger partial charge in [-0.25, -0.2) is 14.8 Å². The molecule has 5 rings (SSSR count). The van der Waals surface area contributed by atoms with Gasteiger partial charge < -0.3 is 33.5 Å². The maximum atomic E-state index is 14.4. The molecule has 11 nitrogen and oxygen atoms in total. The Balaban J connectivity index is 1.35. The first kappa shape index (κ1) is 35.0. The lowest BCUT2D eigenvalue weighted by molar-refractivity contribution is -0.134. The van der Waals surface area contributed by atoms with E-state index in [-0.39, 0.29) is 24.5 Å². The maximum absolute atomic E-state index is 14.4. The molecule has 0 unspecified atom stereocenters. The smallest absolute Gasteiger partial charge is 0.410 e. The molecular formula is C34H49ClN6O5Si. The molecule has 0 radical (unpaired) electrons. The minimum atomic E-state index is -1.19. The summed E-state index contributed by atoms with van der Waals surface area (Å²) < 4.78 is 20.1. The fourth-order valence-electron chi connectivity index (χ4n) is 5.96. The van der Waals surface area contributed by atoms with E-state index in [0.717, 1.165) is 34.2 Å². The number of hydrogen-bond donors (Lipinski definition) is 0. The third-order valence-electron chi connectivity index (χ3n) is 8.52. The topological polar surface area (TPSA) is 102 Å². The van der Waals surface area contributed by atoms with Gasteiger partial charge in [-0.1, -0.05) is 43.4 Å². The lowest BCUT2D eigenvalue weighted by atomic mass is 9.95. The molecule has 0 saturated carbocycles. The highest BCUT2D eigenvalue weighted by Gasteiger charge is 2.39. The minimum absolute atomic E-state index is 0.0569. The van der Waals surface area contributed by atoms with Crippen LogP contribution >= 0.6 is 11.6 Å². The Labute approximate surface area is 284 Å². The number of anilines is 1. The number of rotatable bonds is 10. The van der Waals surface area contributed by atoms with Crippen molar-refractivity contribution < 1.29 is 23.8 Å². The highest BCUT2D eigenvalue weighted by atomic mass is 35.5. The molecule has 1 saturated heterocycles. The van der Waals surface area contributed by atoms with Gasteiger partial charge in [0.1, 0.15) is 42.2 Å². The molecule has 1 aromatic carbocycles. The van der Waals surface area contributed by atoms with Gasteiger partial charge in [0.05, 0.1) is 18.2 Å². The van der Waals surface area contributed by atoms with Crippen molar-refractivity contribution >= 4 is 48.5 Å². The summed E-state index contributed by atoms with van der Waals surface area (Å²) in [4.78, 5) is 42.7.